The molecule has 1 heterocycles. The Morgan fingerprint density at radius 1 is 1.50 bits per heavy atom. The van der Waals surface area contributed by atoms with Crippen LogP contribution in [-0.4, -0.2) is 23.6 Å². The van der Waals surface area contributed by atoms with Crippen molar-refractivity contribution in [2.24, 2.45) is 0 Å². The van der Waals surface area contributed by atoms with E-state index in [1.54, 1.807) is 12.4 Å². The number of unbranched alkanes of at least 4 members (excludes halogenated alkanes) is 1. The third kappa shape index (κ3) is 2.49. The average Bonchev–Trinajstić information content (AvgIpc) is 2.15. The fourth-order valence-corrected chi connectivity index (χ4v) is 0.946. The molecule has 0 saturated carbocycles. The summed E-state index contributed by atoms with van der Waals surface area (Å²) in [6, 6.07) is 0. The third-order valence-corrected chi connectivity index (χ3v) is 1.71. The van der Waals surface area contributed by atoms with Crippen LogP contribution in [0.25, 0.3) is 0 Å². The largest absolute Gasteiger partial charge is 0.358 e. The second-order valence-corrected chi connectivity index (χ2v) is 2.77. The van der Waals surface area contributed by atoms with Crippen LogP contribution >= 0.6 is 0 Å². The molecule has 0 aliphatic carbocycles. The smallest absolute Gasteiger partial charge is 0.156 e. The average molecular weight is 164 g/mol. The molecule has 0 amide bonds. The molecule has 0 spiro atoms. The molecule has 1 aromatic rings. The van der Waals surface area contributed by atoms with Crippen LogP contribution in [0.2, 0.25) is 0 Å². The van der Waals surface area contributed by atoms with Crippen molar-refractivity contribution in [2.75, 3.05) is 18.5 Å². The van der Waals surface area contributed by atoms with Gasteiger partial charge in [0.1, 0.15) is 6.20 Å². The number of hydrogen-bond acceptors (Lipinski definition) is 3. The summed E-state index contributed by atoms with van der Waals surface area (Å²) in [6.07, 6.45) is 8.55. The van der Waals surface area contributed by atoms with Crippen LogP contribution in [0.1, 0.15) is 19.8 Å². The second-order valence-electron chi connectivity index (χ2n) is 2.77. The lowest BCUT2D eigenvalue weighted by Gasteiger charge is -2.15. The summed E-state index contributed by atoms with van der Waals surface area (Å²) in [7, 11) is 2.01. The van der Waals surface area contributed by atoms with E-state index in [4.69, 9.17) is 0 Å². The Bertz CT molecular complexity index is 210. The third-order valence-electron chi connectivity index (χ3n) is 1.71. The highest BCUT2D eigenvalue weighted by molar-refractivity contribution is 5.31. The van der Waals surface area contributed by atoms with E-state index in [0.717, 1.165) is 12.4 Å². The van der Waals surface area contributed by atoms with Gasteiger partial charge in [-0.1, -0.05) is 13.3 Å². The lowest BCUT2D eigenvalue weighted by atomic mass is 10.3. The predicted octanol–water partition coefficient (Wildman–Crippen LogP) is 1.51. The molecule has 0 atom stereocenters. The molecule has 65 valence electrons. The molecule has 0 unspecified atom stereocenters. The molecule has 3 nitrogen and oxygen atoms in total. The zero-order chi connectivity index (χ0) is 8.81. The molecule has 0 aromatic carbocycles. The predicted molar refractivity (Wildman–Crippen MR) is 49.0 cm³/mol. The van der Waals surface area contributed by atoms with E-state index in [1.165, 1.54) is 12.8 Å². The maximum Gasteiger partial charge on any atom is 0.156 e. The van der Waals surface area contributed by atoms with E-state index in [9.17, 15) is 0 Å². The first-order chi connectivity index (χ1) is 5.84. The van der Waals surface area contributed by atoms with Crippen molar-refractivity contribution in [3.05, 3.63) is 18.6 Å². The lowest BCUT2D eigenvalue weighted by molar-refractivity contribution is 0.757. The van der Waals surface area contributed by atoms with Gasteiger partial charge in [-0.25, -0.2) is 9.97 Å². The zero-order valence-electron chi connectivity index (χ0n) is 7.62. The minimum absolute atomic E-state index is 0.825. The van der Waals surface area contributed by atoms with E-state index in [0.29, 0.717) is 0 Å². The van der Waals surface area contributed by atoms with Crippen LogP contribution in [0.5, 0.6) is 0 Å². The van der Waals surface area contributed by atoms with Gasteiger partial charge in [0.25, 0.3) is 0 Å². The fraction of sp³-hybridized carbons (Fsp3) is 0.556. The molecule has 0 aliphatic heterocycles. The van der Waals surface area contributed by atoms with Crippen LogP contribution in [0.4, 0.5) is 5.82 Å². The molecule has 0 N–H and O–H groups in total. The quantitative estimate of drug-likeness (QED) is 0.675. The Morgan fingerprint density at radius 2 is 2.33 bits per heavy atom. The molecule has 3 heteroatoms. The van der Waals surface area contributed by atoms with Crippen LogP contribution < -0.4 is 4.90 Å². The van der Waals surface area contributed by atoms with Crippen molar-refractivity contribution < 1.29 is 0 Å². The Hall–Kier alpha value is -1.12. The number of rotatable bonds is 4. The molecule has 0 aliphatic rings. The number of aromatic nitrogens is 2. The van der Waals surface area contributed by atoms with E-state index >= 15 is 0 Å². The molecule has 1 aromatic heterocycles. The van der Waals surface area contributed by atoms with Gasteiger partial charge in [-0.15, -0.1) is 0 Å². The Balaban J connectivity index is 2.48. The number of hydrogen-bond donors (Lipinski definition) is 0. The Morgan fingerprint density at radius 3 is 2.92 bits per heavy atom. The fourth-order valence-electron chi connectivity index (χ4n) is 0.946. The van der Waals surface area contributed by atoms with Crippen molar-refractivity contribution in [2.45, 2.75) is 19.8 Å². The van der Waals surface area contributed by atoms with Gasteiger partial charge in [0.2, 0.25) is 0 Å². The van der Waals surface area contributed by atoms with Crippen LogP contribution in [0.15, 0.2) is 12.4 Å². The monoisotopic (exact) mass is 164 g/mol. The highest BCUT2D eigenvalue weighted by atomic mass is 15.2. The molecule has 1 radical (unpaired) electrons. The Kier molecular flexibility index (Phi) is 3.51. The zero-order valence-corrected chi connectivity index (χ0v) is 7.62. The van der Waals surface area contributed by atoms with Gasteiger partial charge < -0.3 is 4.90 Å². The van der Waals surface area contributed by atoms with Crippen molar-refractivity contribution in [3.63, 3.8) is 0 Å². The molecule has 0 saturated heterocycles. The lowest BCUT2D eigenvalue weighted by Crippen LogP contribution is -2.19. The van der Waals surface area contributed by atoms with Gasteiger partial charge in [0.15, 0.2) is 5.82 Å². The molecule has 12 heavy (non-hydrogen) atoms. The summed E-state index contributed by atoms with van der Waals surface area (Å²) >= 11 is 0. The highest BCUT2D eigenvalue weighted by Crippen LogP contribution is 2.04. The number of nitrogens with zero attached hydrogens (tertiary/aromatic N) is 3. The standard InChI is InChI=1S/C9H14N3/c1-3-4-7-12(2)9-8-10-5-6-11-9/h5-6H,3-4,7H2,1-2H3. The SMILES string of the molecule is CCCCN(C)c1[c]nccn1. The van der Waals surface area contributed by atoms with Crippen molar-refractivity contribution in [1.29, 1.82) is 0 Å². The summed E-state index contributed by atoms with van der Waals surface area (Å²) in [6.45, 7) is 3.19. The summed E-state index contributed by atoms with van der Waals surface area (Å²) in [5, 5.41) is 0. The van der Waals surface area contributed by atoms with E-state index in [2.05, 4.69) is 28.0 Å². The minimum atomic E-state index is 0.825. The molecule has 0 fully saturated rings. The Labute approximate surface area is 73.5 Å². The maximum absolute atomic E-state index is 4.14. The van der Waals surface area contributed by atoms with Gasteiger partial charge in [-0.2, -0.15) is 0 Å². The summed E-state index contributed by atoms with van der Waals surface area (Å²) in [5.41, 5.74) is 0. The second kappa shape index (κ2) is 4.70. The first-order valence-electron chi connectivity index (χ1n) is 4.24. The normalized spacial score (nSPS) is 9.83. The molecule has 0 bridgehead atoms. The molecular formula is C9H14N3. The topological polar surface area (TPSA) is 29.0 Å². The van der Waals surface area contributed by atoms with Crippen LogP contribution in [0.3, 0.4) is 0 Å². The first kappa shape index (κ1) is 8.97. The summed E-state index contributed by atoms with van der Waals surface area (Å²) < 4.78 is 0. The molecule has 1 rings (SSSR count). The van der Waals surface area contributed by atoms with Gasteiger partial charge in [-0.05, 0) is 6.42 Å². The van der Waals surface area contributed by atoms with Gasteiger partial charge in [-0.3, -0.25) is 0 Å². The van der Waals surface area contributed by atoms with Crippen LogP contribution in [-0.2, 0) is 0 Å². The van der Waals surface area contributed by atoms with E-state index < -0.39 is 0 Å². The van der Waals surface area contributed by atoms with Gasteiger partial charge in [0.05, 0.1) is 0 Å². The van der Waals surface area contributed by atoms with Crippen molar-refractivity contribution in [3.8, 4) is 0 Å². The van der Waals surface area contributed by atoms with E-state index in [-0.39, 0.29) is 0 Å². The van der Waals surface area contributed by atoms with E-state index in [1.807, 2.05) is 7.05 Å². The first-order valence-corrected chi connectivity index (χ1v) is 4.24. The van der Waals surface area contributed by atoms with Gasteiger partial charge >= 0.3 is 0 Å². The summed E-state index contributed by atoms with van der Waals surface area (Å²) in [5.74, 6) is 0.825. The highest BCUT2D eigenvalue weighted by Gasteiger charge is 1.99. The number of anilines is 1. The maximum atomic E-state index is 4.14. The summed E-state index contributed by atoms with van der Waals surface area (Å²) in [4.78, 5) is 10.1. The van der Waals surface area contributed by atoms with Crippen molar-refractivity contribution in [1.82, 2.24) is 9.97 Å². The minimum Gasteiger partial charge on any atom is -0.358 e. The van der Waals surface area contributed by atoms with Crippen LogP contribution in [0, 0.1) is 6.20 Å². The van der Waals surface area contributed by atoms with Crippen molar-refractivity contribution >= 4 is 5.82 Å². The molecular weight excluding hydrogens is 150 g/mol. The van der Waals surface area contributed by atoms with Gasteiger partial charge in [0, 0.05) is 26.0 Å².